The first kappa shape index (κ1) is 14.5. The smallest absolute Gasteiger partial charge is 0.170 e. The molecular formula is C15H20N4S. The number of anilines is 1. The van der Waals surface area contributed by atoms with E-state index >= 15 is 0 Å². The lowest BCUT2D eigenvalue weighted by atomic mass is 10.2. The first-order valence-corrected chi connectivity index (χ1v) is 7.15. The zero-order valence-electron chi connectivity index (χ0n) is 12.1. The predicted octanol–water partition coefficient (Wildman–Crippen LogP) is 2.85. The summed E-state index contributed by atoms with van der Waals surface area (Å²) in [6, 6.07) is 10.3. The van der Waals surface area contributed by atoms with Crippen LogP contribution in [0.25, 0.3) is 0 Å². The summed E-state index contributed by atoms with van der Waals surface area (Å²) in [5.41, 5.74) is 4.27. The second kappa shape index (κ2) is 6.52. The summed E-state index contributed by atoms with van der Waals surface area (Å²) in [6.45, 7) is 7.64. The molecular weight excluding hydrogens is 268 g/mol. The number of benzene rings is 1. The van der Waals surface area contributed by atoms with Gasteiger partial charge in [0.05, 0.1) is 23.6 Å². The minimum Gasteiger partial charge on any atom is -0.363 e. The van der Waals surface area contributed by atoms with Crippen LogP contribution in [0.4, 0.5) is 5.69 Å². The van der Waals surface area contributed by atoms with Gasteiger partial charge in [0, 0.05) is 6.54 Å². The van der Waals surface area contributed by atoms with E-state index in [0.29, 0.717) is 5.11 Å². The van der Waals surface area contributed by atoms with Crippen LogP contribution in [0, 0.1) is 13.8 Å². The van der Waals surface area contributed by atoms with Gasteiger partial charge >= 0.3 is 0 Å². The van der Waals surface area contributed by atoms with Gasteiger partial charge in [0.2, 0.25) is 0 Å². The van der Waals surface area contributed by atoms with E-state index in [2.05, 4.69) is 34.8 Å². The van der Waals surface area contributed by atoms with Crippen molar-refractivity contribution in [1.29, 1.82) is 0 Å². The third-order valence-electron chi connectivity index (χ3n) is 3.13. The quantitative estimate of drug-likeness (QED) is 0.849. The molecule has 2 N–H and O–H groups in total. The fraction of sp³-hybridized carbons (Fsp3) is 0.333. The van der Waals surface area contributed by atoms with Crippen LogP contribution in [0.3, 0.4) is 0 Å². The number of aromatic nitrogens is 2. The van der Waals surface area contributed by atoms with Crippen molar-refractivity contribution in [2.24, 2.45) is 0 Å². The van der Waals surface area contributed by atoms with Gasteiger partial charge in [0.15, 0.2) is 5.11 Å². The first-order valence-electron chi connectivity index (χ1n) is 6.74. The van der Waals surface area contributed by atoms with Crippen LogP contribution < -0.4 is 10.6 Å². The summed E-state index contributed by atoms with van der Waals surface area (Å²) in [4.78, 5) is 0. The summed E-state index contributed by atoms with van der Waals surface area (Å²) < 4.78 is 2.00. The van der Waals surface area contributed by atoms with E-state index in [1.54, 1.807) is 0 Å². The second-order valence-corrected chi connectivity index (χ2v) is 5.08. The number of thiocarbonyl (C=S) groups is 1. The molecule has 5 heteroatoms. The molecule has 0 aliphatic heterocycles. The average molecular weight is 288 g/mol. The topological polar surface area (TPSA) is 41.9 Å². The van der Waals surface area contributed by atoms with E-state index in [-0.39, 0.29) is 0 Å². The van der Waals surface area contributed by atoms with E-state index < -0.39 is 0 Å². The molecule has 0 amide bonds. The van der Waals surface area contributed by atoms with Gasteiger partial charge < -0.3 is 10.6 Å². The molecule has 0 aliphatic rings. The predicted molar refractivity (Wildman–Crippen MR) is 87.1 cm³/mol. The fourth-order valence-corrected chi connectivity index (χ4v) is 2.35. The Bertz CT molecular complexity index is 589. The zero-order valence-corrected chi connectivity index (χ0v) is 12.9. The third kappa shape index (κ3) is 3.36. The van der Waals surface area contributed by atoms with Gasteiger partial charge in [-0.1, -0.05) is 30.3 Å². The Kier molecular flexibility index (Phi) is 4.74. The SMILES string of the molecule is CCNC(=S)Nc1c(C)nn(Cc2ccccc2)c1C. The highest BCUT2D eigenvalue weighted by Crippen LogP contribution is 2.20. The monoisotopic (exact) mass is 288 g/mol. The lowest BCUT2D eigenvalue weighted by Gasteiger charge is -2.09. The molecule has 2 aromatic rings. The van der Waals surface area contributed by atoms with Crippen molar-refractivity contribution in [3.8, 4) is 0 Å². The molecule has 0 saturated heterocycles. The molecule has 0 bridgehead atoms. The Morgan fingerprint density at radius 3 is 2.60 bits per heavy atom. The molecule has 0 saturated carbocycles. The van der Waals surface area contributed by atoms with Gasteiger partial charge in [-0.05, 0) is 38.6 Å². The first-order chi connectivity index (χ1) is 9.61. The summed E-state index contributed by atoms with van der Waals surface area (Å²) >= 11 is 5.23. The standard InChI is InChI=1S/C15H20N4S/c1-4-16-15(20)17-14-11(2)18-19(12(14)3)10-13-8-6-5-7-9-13/h5-9H,4,10H2,1-3H3,(H2,16,17,20). The van der Waals surface area contributed by atoms with E-state index in [9.17, 15) is 0 Å². The van der Waals surface area contributed by atoms with Crippen LogP contribution >= 0.6 is 12.2 Å². The van der Waals surface area contributed by atoms with Gasteiger partial charge in [0.25, 0.3) is 0 Å². The number of rotatable bonds is 4. The highest BCUT2D eigenvalue weighted by molar-refractivity contribution is 7.80. The number of hydrogen-bond acceptors (Lipinski definition) is 2. The van der Waals surface area contributed by atoms with Crippen LogP contribution in [0.5, 0.6) is 0 Å². The maximum absolute atomic E-state index is 5.23. The molecule has 1 aromatic heterocycles. The van der Waals surface area contributed by atoms with Gasteiger partial charge in [-0.25, -0.2) is 0 Å². The Balaban J connectivity index is 2.18. The maximum atomic E-state index is 5.23. The van der Waals surface area contributed by atoms with Crippen molar-refractivity contribution in [3.05, 3.63) is 47.3 Å². The van der Waals surface area contributed by atoms with Crippen molar-refractivity contribution in [2.45, 2.75) is 27.3 Å². The molecule has 0 aliphatic carbocycles. The normalized spacial score (nSPS) is 10.3. The minimum atomic E-state index is 0.637. The Labute approximate surface area is 125 Å². The van der Waals surface area contributed by atoms with Crippen molar-refractivity contribution >= 4 is 23.0 Å². The summed E-state index contributed by atoms with van der Waals surface area (Å²) in [7, 11) is 0. The molecule has 0 spiro atoms. The van der Waals surface area contributed by atoms with Crippen LogP contribution in [-0.2, 0) is 6.54 Å². The van der Waals surface area contributed by atoms with Gasteiger partial charge in [0.1, 0.15) is 0 Å². The molecule has 20 heavy (non-hydrogen) atoms. The summed E-state index contributed by atoms with van der Waals surface area (Å²) in [5, 5.41) is 11.5. The van der Waals surface area contributed by atoms with Crippen molar-refractivity contribution < 1.29 is 0 Å². The molecule has 1 heterocycles. The largest absolute Gasteiger partial charge is 0.363 e. The Morgan fingerprint density at radius 1 is 1.25 bits per heavy atom. The number of nitrogens with zero attached hydrogens (tertiary/aromatic N) is 2. The lowest BCUT2D eigenvalue weighted by molar-refractivity contribution is 0.659. The molecule has 106 valence electrons. The van der Waals surface area contributed by atoms with Crippen LogP contribution in [-0.4, -0.2) is 21.4 Å². The van der Waals surface area contributed by atoms with Gasteiger partial charge in [-0.2, -0.15) is 5.10 Å². The molecule has 0 fully saturated rings. The molecule has 0 atom stereocenters. The van der Waals surface area contributed by atoms with Crippen LogP contribution in [0.1, 0.15) is 23.9 Å². The molecule has 2 rings (SSSR count). The number of aryl methyl sites for hydroxylation is 1. The van der Waals surface area contributed by atoms with E-state index in [4.69, 9.17) is 12.2 Å². The van der Waals surface area contributed by atoms with E-state index in [1.165, 1.54) is 5.56 Å². The van der Waals surface area contributed by atoms with Gasteiger partial charge in [-0.3, -0.25) is 4.68 Å². The highest BCUT2D eigenvalue weighted by Gasteiger charge is 2.12. The van der Waals surface area contributed by atoms with Crippen LogP contribution in [0.2, 0.25) is 0 Å². The second-order valence-electron chi connectivity index (χ2n) is 4.67. The molecule has 4 nitrogen and oxygen atoms in total. The van der Waals surface area contributed by atoms with Crippen molar-refractivity contribution in [2.75, 3.05) is 11.9 Å². The van der Waals surface area contributed by atoms with E-state index in [0.717, 1.165) is 30.2 Å². The number of hydrogen-bond donors (Lipinski definition) is 2. The number of nitrogens with one attached hydrogen (secondary N) is 2. The van der Waals surface area contributed by atoms with Crippen LogP contribution in [0.15, 0.2) is 30.3 Å². The fourth-order valence-electron chi connectivity index (χ4n) is 2.11. The van der Waals surface area contributed by atoms with Gasteiger partial charge in [-0.15, -0.1) is 0 Å². The molecule has 0 radical (unpaired) electrons. The maximum Gasteiger partial charge on any atom is 0.170 e. The summed E-state index contributed by atoms with van der Waals surface area (Å²) in [5.74, 6) is 0. The average Bonchev–Trinajstić information content (AvgIpc) is 2.68. The lowest BCUT2D eigenvalue weighted by Crippen LogP contribution is -2.28. The summed E-state index contributed by atoms with van der Waals surface area (Å²) in [6.07, 6.45) is 0. The molecule has 1 aromatic carbocycles. The van der Waals surface area contributed by atoms with E-state index in [1.807, 2.05) is 36.7 Å². The van der Waals surface area contributed by atoms with Crippen molar-refractivity contribution in [1.82, 2.24) is 15.1 Å². The highest BCUT2D eigenvalue weighted by atomic mass is 32.1. The van der Waals surface area contributed by atoms with Crippen molar-refractivity contribution in [3.63, 3.8) is 0 Å². The zero-order chi connectivity index (χ0) is 14.5. The third-order valence-corrected chi connectivity index (χ3v) is 3.38. The minimum absolute atomic E-state index is 0.637. The Hall–Kier alpha value is -1.88. The molecule has 0 unspecified atom stereocenters. The Morgan fingerprint density at radius 2 is 1.95 bits per heavy atom.